The molecule has 1 aliphatic carbocycles. The molecule has 0 aromatic heterocycles. The highest BCUT2D eigenvalue weighted by molar-refractivity contribution is 5.85. The van der Waals surface area contributed by atoms with E-state index in [0.29, 0.717) is 0 Å². The highest BCUT2D eigenvalue weighted by atomic mass is 35.5. The number of carboxylic acids is 1. The number of likely N-dealkylation sites (N-methyl/N-ethyl adjacent to an activating group) is 1. The van der Waals surface area contributed by atoms with Crippen molar-refractivity contribution in [3.63, 3.8) is 0 Å². The molecule has 2 N–H and O–H groups in total. The zero-order valence-electron chi connectivity index (χ0n) is 15.2. The third-order valence-corrected chi connectivity index (χ3v) is 4.48. The van der Waals surface area contributed by atoms with Crippen molar-refractivity contribution in [2.75, 3.05) is 27.2 Å². The molecule has 2 aromatic rings. The molecule has 27 heavy (non-hydrogen) atoms. The van der Waals surface area contributed by atoms with Crippen molar-refractivity contribution in [3.8, 4) is 11.1 Å². The lowest BCUT2D eigenvalue weighted by molar-refractivity contribution is -0.139. The molecule has 0 saturated carbocycles. The van der Waals surface area contributed by atoms with Crippen LogP contribution in [-0.2, 0) is 9.53 Å². The number of nitrogens with zero attached hydrogens (tertiary/aromatic N) is 1. The first kappa shape index (κ1) is 20.7. The fourth-order valence-corrected chi connectivity index (χ4v) is 3.33. The van der Waals surface area contributed by atoms with Gasteiger partial charge in [0.15, 0.2) is 0 Å². The summed E-state index contributed by atoms with van der Waals surface area (Å²) in [5.41, 5.74) is 4.52. The molecule has 144 valence electrons. The number of rotatable bonds is 6. The molecule has 0 saturated heterocycles. The number of amides is 1. The molecule has 0 fully saturated rings. The van der Waals surface area contributed by atoms with E-state index in [-0.39, 0.29) is 31.5 Å². The molecule has 0 spiro atoms. The van der Waals surface area contributed by atoms with Crippen molar-refractivity contribution < 1.29 is 19.4 Å². The lowest BCUT2D eigenvalue weighted by atomic mass is 9.98. The van der Waals surface area contributed by atoms with Gasteiger partial charge in [-0.05, 0) is 36.3 Å². The van der Waals surface area contributed by atoms with Gasteiger partial charge in [-0.25, -0.2) is 9.59 Å². The first-order valence-electron chi connectivity index (χ1n) is 8.46. The van der Waals surface area contributed by atoms with Crippen LogP contribution in [0.15, 0.2) is 48.5 Å². The minimum atomic E-state index is -1.09. The van der Waals surface area contributed by atoms with Gasteiger partial charge in [0, 0.05) is 12.5 Å². The van der Waals surface area contributed by atoms with Crippen molar-refractivity contribution in [2.45, 2.75) is 12.0 Å². The number of fused-ring (bicyclic) bond motifs is 3. The number of benzene rings is 2. The quantitative estimate of drug-likeness (QED) is 0.792. The molecular weight excluding hydrogens is 368 g/mol. The maximum absolute atomic E-state index is 12.1. The Hall–Kier alpha value is -2.57. The third-order valence-electron chi connectivity index (χ3n) is 4.48. The molecule has 3 rings (SSSR count). The fourth-order valence-electron chi connectivity index (χ4n) is 3.33. The monoisotopic (exact) mass is 390 g/mol. The second kappa shape index (κ2) is 8.88. The van der Waals surface area contributed by atoms with Crippen molar-refractivity contribution >= 4 is 24.5 Å². The first-order valence-corrected chi connectivity index (χ1v) is 8.46. The molecule has 2 aromatic carbocycles. The molecule has 1 amide bonds. The van der Waals surface area contributed by atoms with Gasteiger partial charge in [-0.2, -0.15) is 0 Å². The Kier molecular flexibility index (Phi) is 6.82. The Balaban J connectivity index is 0.00000261. The average Bonchev–Trinajstić information content (AvgIpc) is 2.93. The summed E-state index contributed by atoms with van der Waals surface area (Å²) in [5, 5.41) is 11.6. The van der Waals surface area contributed by atoms with Gasteiger partial charge in [0.25, 0.3) is 0 Å². The largest absolute Gasteiger partial charge is 0.480 e. The highest BCUT2D eigenvalue weighted by Gasteiger charge is 2.29. The van der Waals surface area contributed by atoms with Gasteiger partial charge >= 0.3 is 12.1 Å². The third kappa shape index (κ3) is 4.59. The number of carboxylic acid groups (broad SMARTS) is 1. The molecule has 6 nitrogen and oxygen atoms in total. The van der Waals surface area contributed by atoms with E-state index in [4.69, 9.17) is 4.74 Å². The number of carbonyl (C=O) groups excluding carboxylic acids is 1. The average molecular weight is 391 g/mol. The summed E-state index contributed by atoms with van der Waals surface area (Å²) in [7, 11) is 3.49. The van der Waals surface area contributed by atoms with Gasteiger partial charge in [-0.1, -0.05) is 48.5 Å². The van der Waals surface area contributed by atoms with Gasteiger partial charge in [-0.3, -0.25) is 0 Å². The summed E-state index contributed by atoms with van der Waals surface area (Å²) < 4.78 is 5.37. The van der Waals surface area contributed by atoms with Crippen molar-refractivity contribution in [2.24, 2.45) is 0 Å². The predicted octanol–water partition coefficient (Wildman–Crippen LogP) is 2.96. The molecule has 0 heterocycles. The van der Waals surface area contributed by atoms with Gasteiger partial charge < -0.3 is 20.1 Å². The van der Waals surface area contributed by atoms with Crippen LogP contribution in [0.1, 0.15) is 17.0 Å². The minimum absolute atomic E-state index is 0. The van der Waals surface area contributed by atoms with Crippen molar-refractivity contribution in [1.29, 1.82) is 0 Å². The van der Waals surface area contributed by atoms with E-state index < -0.39 is 18.1 Å². The first-order chi connectivity index (χ1) is 12.5. The van der Waals surface area contributed by atoms with E-state index in [1.165, 1.54) is 0 Å². The van der Waals surface area contributed by atoms with E-state index in [0.717, 1.165) is 22.3 Å². The normalized spacial score (nSPS) is 13.3. The van der Waals surface area contributed by atoms with Crippen molar-refractivity contribution in [3.05, 3.63) is 59.7 Å². The molecule has 1 aliphatic rings. The Morgan fingerprint density at radius 3 is 2.07 bits per heavy atom. The zero-order valence-corrected chi connectivity index (χ0v) is 16.0. The van der Waals surface area contributed by atoms with Crippen LogP contribution in [0.3, 0.4) is 0 Å². The topological polar surface area (TPSA) is 78.9 Å². The van der Waals surface area contributed by atoms with E-state index in [2.05, 4.69) is 17.4 Å². The van der Waals surface area contributed by atoms with Gasteiger partial charge in [0.2, 0.25) is 0 Å². The van der Waals surface area contributed by atoms with Crippen LogP contribution in [0, 0.1) is 0 Å². The number of carbonyl (C=O) groups is 2. The molecular formula is C20H23ClN2O4. The Bertz CT molecular complexity index is 780. The minimum Gasteiger partial charge on any atom is -0.480 e. The zero-order chi connectivity index (χ0) is 18.7. The van der Waals surface area contributed by atoms with Gasteiger partial charge in [0.05, 0.1) is 0 Å². The Labute approximate surface area is 164 Å². The number of hydrogen-bond acceptors (Lipinski definition) is 4. The van der Waals surface area contributed by atoms with Crippen LogP contribution in [-0.4, -0.2) is 55.4 Å². The second-order valence-corrected chi connectivity index (χ2v) is 6.62. The molecule has 1 unspecified atom stereocenters. The van der Waals surface area contributed by atoms with Gasteiger partial charge in [-0.15, -0.1) is 12.4 Å². The summed E-state index contributed by atoms with van der Waals surface area (Å²) in [6, 6.07) is 15.1. The van der Waals surface area contributed by atoms with Crippen LogP contribution in [0.25, 0.3) is 11.1 Å². The highest BCUT2D eigenvalue weighted by Crippen LogP contribution is 2.44. The lowest BCUT2D eigenvalue weighted by Crippen LogP contribution is -2.47. The lowest BCUT2D eigenvalue weighted by Gasteiger charge is -2.19. The summed E-state index contributed by atoms with van der Waals surface area (Å²) >= 11 is 0. The van der Waals surface area contributed by atoms with Crippen LogP contribution in [0.5, 0.6) is 0 Å². The number of hydrogen-bond donors (Lipinski definition) is 2. The van der Waals surface area contributed by atoms with Crippen LogP contribution >= 0.6 is 12.4 Å². The summed E-state index contributed by atoms with van der Waals surface area (Å²) in [6.45, 7) is 0.355. The van der Waals surface area contributed by atoms with Crippen molar-refractivity contribution in [1.82, 2.24) is 10.2 Å². The van der Waals surface area contributed by atoms with Crippen LogP contribution < -0.4 is 5.32 Å². The molecule has 1 atom stereocenters. The van der Waals surface area contributed by atoms with Crippen LogP contribution in [0.2, 0.25) is 0 Å². The number of halogens is 1. The number of ether oxygens (including phenoxy) is 1. The number of alkyl carbamates (subject to hydrolysis) is 1. The van der Waals surface area contributed by atoms with E-state index in [9.17, 15) is 14.7 Å². The Morgan fingerprint density at radius 2 is 1.59 bits per heavy atom. The standard InChI is InChI=1S/C20H22N2O4.ClH/c1-22(2)11-18(19(23)24)21-20(25)26-12-17-15-9-5-3-7-13(15)14-8-4-6-10-16(14)17;/h3-10,17-18H,11-12H2,1-2H3,(H,21,25)(H,23,24);1H. The maximum Gasteiger partial charge on any atom is 0.407 e. The van der Waals surface area contributed by atoms with E-state index in [1.54, 1.807) is 19.0 Å². The number of nitrogens with one attached hydrogen (secondary N) is 1. The SMILES string of the molecule is CN(C)CC(NC(=O)OCC1c2ccccc2-c2ccccc21)C(=O)O.Cl. The molecule has 0 aliphatic heterocycles. The smallest absolute Gasteiger partial charge is 0.407 e. The summed E-state index contributed by atoms with van der Waals surface area (Å²) in [6.07, 6.45) is -0.721. The maximum atomic E-state index is 12.1. The predicted molar refractivity (Wildman–Crippen MR) is 105 cm³/mol. The van der Waals surface area contributed by atoms with E-state index in [1.807, 2.05) is 36.4 Å². The summed E-state index contributed by atoms with van der Waals surface area (Å²) in [5.74, 6) is -1.14. The van der Waals surface area contributed by atoms with Crippen LogP contribution in [0.4, 0.5) is 4.79 Å². The summed E-state index contributed by atoms with van der Waals surface area (Å²) in [4.78, 5) is 25.1. The second-order valence-electron chi connectivity index (χ2n) is 6.62. The molecule has 0 radical (unpaired) electrons. The molecule has 7 heteroatoms. The van der Waals surface area contributed by atoms with Gasteiger partial charge in [0.1, 0.15) is 12.6 Å². The molecule has 0 bridgehead atoms. The number of aliphatic carboxylic acids is 1. The Morgan fingerprint density at radius 1 is 1.07 bits per heavy atom. The van der Waals surface area contributed by atoms with E-state index >= 15 is 0 Å². The fraction of sp³-hybridized carbons (Fsp3) is 0.300.